The van der Waals surface area contributed by atoms with Crippen molar-refractivity contribution in [2.24, 2.45) is 5.92 Å². The van der Waals surface area contributed by atoms with Crippen LogP contribution in [0.4, 0.5) is 0 Å². The second-order valence-corrected chi connectivity index (χ2v) is 6.10. The highest BCUT2D eigenvalue weighted by Gasteiger charge is 2.21. The van der Waals surface area contributed by atoms with Gasteiger partial charge < -0.3 is 10.6 Å². The molecule has 1 atom stereocenters. The van der Waals surface area contributed by atoms with E-state index in [4.69, 9.17) is 0 Å². The molecular weight excluding hydrogens is 318 g/mol. The van der Waals surface area contributed by atoms with Crippen molar-refractivity contribution in [3.05, 3.63) is 41.4 Å². The van der Waals surface area contributed by atoms with Gasteiger partial charge >= 0.3 is 0 Å². The quantitative estimate of drug-likeness (QED) is 0.881. The maximum absolute atomic E-state index is 11.9. The molecule has 2 aromatic rings. The van der Waals surface area contributed by atoms with Crippen LogP contribution in [0.25, 0.3) is 10.6 Å². The number of nitrogens with one attached hydrogen (secondary N) is 2. The molecule has 1 aromatic carbocycles. The van der Waals surface area contributed by atoms with Crippen LogP contribution in [0.5, 0.6) is 0 Å². The van der Waals surface area contributed by atoms with Crippen molar-refractivity contribution in [2.45, 2.75) is 12.8 Å². The molecule has 0 saturated carbocycles. The van der Waals surface area contributed by atoms with Gasteiger partial charge in [0.1, 0.15) is 5.01 Å². The number of thiazole rings is 1. The second kappa shape index (κ2) is 8.27. The fourth-order valence-electron chi connectivity index (χ4n) is 2.47. The van der Waals surface area contributed by atoms with Crippen molar-refractivity contribution in [2.75, 3.05) is 19.6 Å². The summed E-state index contributed by atoms with van der Waals surface area (Å²) in [5.41, 5.74) is 2.19. The summed E-state index contributed by atoms with van der Waals surface area (Å²) in [6, 6.07) is 10.2. The molecule has 2 heterocycles. The van der Waals surface area contributed by atoms with Crippen LogP contribution in [0.2, 0.25) is 0 Å². The highest BCUT2D eigenvalue weighted by Crippen LogP contribution is 2.23. The minimum atomic E-state index is 0. The average Bonchev–Trinajstić information content (AvgIpc) is 3.20. The maximum Gasteiger partial charge on any atom is 0.224 e. The minimum absolute atomic E-state index is 0. The Hall–Kier alpha value is -1.43. The number of nitrogens with zero attached hydrogens (tertiary/aromatic N) is 1. The summed E-state index contributed by atoms with van der Waals surface area (Å²) in [7, 11) is 0. The third-order valence-corrected chi connectivity index (χ3v) is 4.62. The molecule has 0 spiro atoms. The molecule has 1 amide bonds. The van der Waals surface area contributed by atoms with E-state index < -0.39 is 0 Å². The summed E-state index contributed by atoms with van der Waals surface area (Å²) in [5, 5.41) is 9.33. The third-order valence-electron chi connectivity index (χ3n) is 3.68. The predicted molar refractivity (Wildman–Crippen MR) is 92.5 cm³/mol. The Kier molecular flexibility index (Phi) is 6.36. The SMILES string of the molecule is Cl.O=C(NCCc1csc(-c2ccccc2)n1)C1CCNC1. The lowest BCUT2D eigenvalue weighted by Crippen LogP contribution is -2.33. The van der Waals surface area contributed by atoms with Crippen molar-refractivity contribution in [3.8, 4) is 10.6 Å². The fraction of sp³-hybridized carbons (Fsp3) is 0.375. The molecule has 0 bridgehead atoms. The van der Waals surface area contributed by atoms with Gasteiger partial charge in [-0.3, -0.25) is 4.79 Å². The van der Waals surface area contributed by atoms with Gasteiger partial charge in [-0.25, -0.2) is 4.98 Å². The van der Waals surface area contributed by atoms with Crippen LogP contribution in [0, 0.1) is 5.92 Å². The first-order valence-corrected chi connectivity index (χ1v) is 8.19. The zero-order valence-electron chi connectivity index (χ0n) is 12.2. The zero-order chi connectivity index (χ0) is 14.5. The van der Waals surface area contributed by atoms with Gasteiger partial charge in [0.25, 0.3) is 0 Å². The number of carbonyl (C=O) groups excluding carboxylic acids is 1. The molecule has 1 aliphatic rings. The number of benzene rings is 1. The number of aromatic nitrogens is 1. The van der Waals surface area contributed by atoms with Gasteiger partial charge in [-0.2, -0.15) is 0 Å². The monoisotopic (exact) mass is 337 g/mol. The van der Waals surface area contributed by atoms with E-state index in [1.165, 1.54) is 0 Å². The largest absolute Gasteiger partial charge is 0.355 e. The molecule has 22 heavy (non-hydrogen) atoms. The van der Waals surface area contributed by atoms with Crippen molar-refractivity contribution >= 4 is 29.7 Å². The van der Waals surface area contributed by atoms with E-state index in [2.05, 4.69) is 33.1 Å². The van der Waals surface area contributed by atoms with Crippen LogP contribution in [-0.2, 0) is 11.2 Å². The number of carbonyl (C=O) groups is 1. The summed E-state index contributed by atoms with van der Waals surface area (Å²) in [4.78, 5) is 16.5. The molecule has 3 rings (SSSR count). The van der Waals surface area contributed by atoms with Gasteiger partial charge in [0.2, 0.25) is 5.91 Å². The molecule has 1 unspecified atom stereocenters. The first-order valence-electron chi connectivity index (χ1n) is 7.31. The van der Waals surface area contributed by atoms with Crippen LogP contribution in [0.15, 0.2) is 35.7 Å². The van der Waals surface area contributed by atoms with Crippen LogP contribution in [0.1, 0.15) is 12.1 Å². The first kappa shape index (κ1) is 16.9. The average molecular weight is 338 g/mol. The van der Waals surface area contributed by atoms with Gasteiger partial charge in [-0.15, -0.1) is 23.7 Å². The van der Waals surface area contributed by atoms with Crippen LogP contribution in [-0.4, -0.2) is 30.5 Å². The van der Waals surface area contributed by atoms with Crippen molar-refractivity contribution < 1.29 is 4.79 Å². The van der Waals surface area contributed by atoms with E-state index in [1.54, 1.807) is 11.3 Å². The van der Waals surface area contributed by atoms with Crippen LogP contribution >= 0.6 is 23.7 Å². The molecule has 4 nitrogen and oxygen atoms in total. The summed E-state index contributed by atoms with van der Waals surface area (Å²) in [5.74, 6) is 0.304. The van der Waals surface area contributed by atoms with Crippen molar-refractivity contribution in [1.29, 1.82) is 0 Å². The molecular formula is C16H20ClN3OS. The number of amides is 1. The van der Waals surface area contributed by atoms with Crippen LogP contribution in [0.3, 0.4) is 0 Å². The van der Waals surface area contributed by atoms with E-state index >= 15 is 0 Å². The van der Waals surface area contributed by atoms with Crippen LogP contribution < -0.4 is 10.6 Å². The molecule has 2 N–H and O–H groups in total. The van der Waals surface area contributed by atoms with E-state index in [-0.39, 0.29) is 24.2 Å². The first-order chi connectivity index (χ1) is 10.3. The van der Waals surface area contributed by atoms with Crippen molar-refractivity contribution in [3.63, 3.8) is 0 Å². The maximum atomic E-state index is 11.9. The second-order valence-electron chi connectivity index (χ2n) is 5.24. The Morgan fingerprint density at radius 3 is 2.91 bits per heavy atom. The number of hydrogen-bond acceptors (Lipinski definition) is 4. The van der Waals surface area contributed by atoms with Gasteiger partial charge in [-0.1, -0.05) is 30.3 Å². The minimum Gasteiger partial charge on any atom is -0.355 e. The zero-order valence-corrected chi connectivity index (χ0v) is 13.9. The van der Waals surface area contributed by atoms with Crippen molar-refractivity contribution in [1.82, 2.24) is 15.6 Å². The van der Waals surface area contributed by atoms with Gasteiger partial charge in [0.15, 0.2) is 0 Å². The number of rotatable bonds is 5. The Morgan fingerprint density at radius 2 is 2.18 bits per heavy atom. The number of halogens is 1. The molecule has 1 aromatic heterocycles. The summed E-state index contributed by atoms with van der Waals surface area (Å²) in [6.07, 6.45) is 1.73. The summed E-state index contributed by atoms with van der Waals surface area (Å²) < 4.78 is 0. The van der Waals surface area contributed by atoms with Gasteiger partial charge in [0.05, 0.1) is 11.6 Å². The van der Waals surface area contributed by atoms with Gasteiger partial charge in [0, 0.05) is 30.5 Å². The number of hydrogen-bond donors (Lipinski definition) is 2. The topological polar surface area (TPSA) is 54.0 Å². The Bertz CT molecular complexity index is 596. The third kappa shape index (κ3) is 4.29. The molecule has 0 radical (unpaired) electrons. The molecule has 1 fully saturated rings. The summed E-state index contributed by atoms with van der Waals surface area (Å²) >= 11 is 1.65. The lowest BCUT2D eigenvalue weighted by Gasteiger charge is -2.08. The molecule has 1 aliphatic heterocycles. The molecule has 0 aliphatic carbocycles. The smallest absolute Gasteiger partial charge is 0.224 e. The van der Waals surface area contributed by atoms with E-state index in [1.807, 2.05) is 18.2 Å². The Morgan fingerprint density at radius 1 is 1.36 bits per heavy atom. The Balaban J connectivity index is 0.00000176. The highest BCUT2D eigenvalue weighted by atomic mass is 35.5. The van der Waals surface area contributed by atoms with Gasteiger partial charge in [-0.05, 0) is 13.0 Å². The lowest BCUT2D eigenvalue weighted by atomic mass is 10.1. The highest BCUT2D eigenvalue weighted by molar-refractivity contribution is 7.13. The van der Waals surface area contributed by atoms with E-state index in [0.717, 1.165) is 42.2 Å². The molecule has 118 valence electrons. The molecule has 6 heteroatoms. The molecule has 1 saturated heterocycles. The Labute approximate surface area is 140 Å². The fourth-order valence-corrected chi connectivity index (χ4v) is 3.33. The normalized spacial score (nSPS) is 17.0. The van der Waals surface area contributed by atoms with E-state index in [9.17, 15) is 4.79 Å². The standard InChI is InChI=1S/C16H19N3OS.ClH/c20-15(13-6-8-17-10-13)18-9-7-14-11-21-16(19-14)12-4-2-1-3-5-12;/h1-5,11,13,17H,6-10H2,(H,18,20);1H. The predicted octanol–water partition coefficient (Wildman–Crippen LogP) is 2.50. The lowest BCUT2D eigenvalue weighted by molar-refractivity contribution is -0.124. The van der Waals surface area contributed by atoms with E-state index in [0.29, 0.717) is 6.54 Å². The summed E-state index contributed by atoms with van der Waals surface area (Å²) in [6.45, 7) is 2.42.